The number of halogens is 2. The third kappa shape index (κ3) is 4.51. The van der Waals surface area contributed by atoms with Crippen molar-refractivity contribution in [2.45, 2.75) is 6.92 Å². The Morgan fingerprint density at radius 3 is 2.24 bits per heavy atom. The number of nitrogens with one attached hydrogen (secondary N) is 1. The molecule has 0 unspecified atom stereocenters. The molecular weight excluding hydrogens is 421 g/mol. The lowest BCUT2D eigenvalue weighted by molar-refractivity contribution is 1.29. The highest BCUT2D eigenvalue weighted by molar-refractivity contribution is 7.19. The molecular formula is C23H17Cl2N3S. The van der Waals surface area contributed by atoms with Crippen LogP contribution >= 0.6 is 34.5 Å². The second kappa shape index (κ2) is 8.78. The lowest BCUT2D eigenvalue weighted by Crippen LogP contribution is -1.92. The van der Waals surface area contributed by atoms with Crippen LogP contribution in [0.4, 0.5) is 5.13 Å². The van der Waals surface area contributed by atoms with E-state index in [-0.39, 0.29) is 0 Å². The first-order valence-electron chi connectivity index (χ1n) is 8.98. The first-order valence-corrected chi connectivity index (χ1v) is 10.6. The van der Waals surface area contributed by atoms with Crippen molar-refractivity contribution in [1.29, 1.82) is 0 Å². The summed E-state index contributed by atoms with van der Waals surface area (Å²) in [5, 5.41) is 6.08. The van der Waals surface area contributed by atoms with Crippen LogP contribution in [0, 0.1) is 6.92 Å². The number of nitrogens with zero attached hydrogens (tertiary/aromatic N) is 2. The normalized spacial score (nSPS) is 11.1. The van der Waals surface area contributed by atoms with Crippen LogP contribution in [-0.4, -0.2) is 11.2 Å². The van der Waals surface area contributed by atoms with E-state index >= 15 is 0 Å². The summed E-state index contributed by atoms with van der Waals surface area (Å²) in [6.07, 6.45) is 1.61. The first-order chi connectivity index (χ1) is 14.1. The fourth-order valence-electron chi connectivity index (χ4n) is 2.85. The Labute approximate surface area is 183 Å². The maximum Gasteiger partial charge on any atom is 0.204 e. The zero-order chi connectivity index (χ0) is 20.2. The SMILES string of the molecule is Cc1ccc(-c2nc(N/N=C\c3c(Cl)cccc3Cl)sc2-c2ccccc2)cc1. The number of hydrogen-bond acceptors (Lipinski definition) is 4. The number of thiazole rings is 1. The highest BCUT2D eigenvalue weighted by Gasteiger charge is 2.14. The summed E-state index contributed by atoms with van der Waals surface area (Å²) >= 11 is 13.9. The molecule has 3 aromatic carbocycles. The topological polar surface area (TPSA) is 37.3 Å². The molecule has 0 atom stereocenters. The van der Waals surface area contributed by atoms with Gasteiger partial charge in [-0.3, -0.25) is 5.43 Å². The van der Waals surface area contributed by atoms with Crippen LogP contribution in [-0.2, 0) is 0 Å². The fourth-order valence-corrected chi connectivity index (χ4v) is 4.28. The zero-order valence-corrected chi connectivity index (χ0v) is 17.9. The van der Waals surface area contributed by atoms with Crippen LogP contribution < -0.4 is 5.43 Å². The minimum atomic E-state index is 0.549. The van der Waals surface area contributed by atoms with Gasteiger partial charge in [-0.1, -0.05) is 101 Å². The van der Waals surface area contributed by atoms with Gasteiger partial charge in [0.1, 0.15) is 0 Å². The summed E-state index contributed by atoms with van der Waals surface area (Å²) in [5.41, 5.74) is 8.01. The Hall–Kier alpha value is -2.66. The van der Waals surface area contributed by atoms with Gasteiger partial charge in [0.15, 0.2) is 0 Å². The molecule has 0 saturated heterocycles. The molecule has 144 valence electrons. The van der Waals surface area contributed by atoms with Gasteiger partial charge in [0.05, 0.1) is 26.8 Å². The predicted molar refractivity (Wildman–Crippen MR) is 125 cm³/mol. The molecule has 0 bridgehead atoms. The van der Waals surface area contributed by atoms with Crippen LogP contribution in [0.1, 0.15) is 11.1 Å². The van der Waals surface area contributed by atoms with Crippen molar-refractivity contribution >= 4 is 45.9 Å². The summed E-state index contributed by atoms with van der Waals surface area (Å²) in [4.78, 5) is 5.88. The van der Waals surface area contributed by atoms with Crippen LogP contribution in [0.5, 0.6) is 0 Å². The van der Waals surface area contributed by atoms with E-state index in [0.717, 1.165) is 21.7 Å². The van der Waals surface area contributed by atoms with Crippen LogP contribution in [0.15, 0.2) is 77.9 Å². The van der Waals surface area contributed by atoms with E-state index in [1.165, 1.54) is 5.56 Å². The average Bonchev–Trinajstić information content (AvgIpc) is 3.16. The van der Waals surface area contributed by atoms with Crippen molar-refractivity contribution < 1.29 is 0 Å². The highest BCUT2D eigenvalue weighted by Crippen LogP contribution is 2.39. The number of rotatable bonds is 5. The molecule has 0 aliphatic heterocycles. The van der Waals surface area contributed by atoms with Gasteiger partial charge in [-0.15, -0.1) is 0 Å². The summed E-state index contributed by atoms with van der Waals surface area (Å²) in [6.45, 7) is 2.07. The van der Waals surface area contributed by atoms with Gasteiger partial charge in [-0.2, -0.15) is 5.10 Å². The van der Waals surface area contributed by atoms with Gasteiger partial charge in [-0.05, 0) is 24.6 Å². The Morgan fingerprint density at radius 2 is 1.55 bits per heavy atom. The van der Waals surface area contributed by atoms with Crippen molar-refractivity contribution in [1.82, 2.24) is 4.98 Å². The third-order valence-corrected chi connectivity index (χ3v) is 6.01. The molecule has 4 aromatic rings. The molecule has 0 spiro atoms. The molecule has 1 aromatic heterocycles. The standard InChI is InChI=1S/C23H17Cl2N3S/c1-15-10-12-16(13-11-15)21-22(17-6-3-2-4-7-17)29-23(27-21)28-26-14-18-19(24)8-5-9-20(18)25/h2-14H,1H3,(H,27,28)/b26-14-. The van der Waals surface area contributed by atoms with Crippen LogP contribution in [0.25, 0.3) is 21.7 Å². The molecule has 0 saturated carbocycles. The number of aromatic nitrogens is 1. The molecule has 6 heteroatoms. The Kier molecular flexibility index (Phi) is 5.95. The molecule has 0 radical (unpaired) electrons. The van der Waals surface area contributed by atoms with Gasteiger partial charge in [0.25, 0.3) is 0 Å². The molecule has 1 N–H and O–H groups in total. The first kappa shape index (κ1) is 19.6. The van der Waals surface area contributed by atoms with Gasteiger partial charge in [0.2, 0.25) is 5.13 Å². The monoisotopic (exact) mass is 437 g/mol. The number of hydrazone groups is 1. The summed E-state index contributed by atoms with van der Waals surface area (Å²) in [5.74, 6) is 0. The van der Waals surface area contributed by atoms with Crippen LogP contribution in [0.2, 0.25) is 10.0 Å². The second-order valence-corrected chi connectivity index (χ2v) is 8.25. The van der Waals surface area contributed by atoms with Gasteiger partial charge >= 0.3 is 0 Å². The van der Waals surface area contributed by atoms with Crippen LogP contribution in [0.3, 0.4) is 0 Å². The van der Waals surface area contributed by atoms with Gasteiger partial charge in [-0.25, -0.2) is 4.98 Å². The zero-order valence-electron chi connectivity index (χ0n) is 15.6. The van der Waals surface area contributed by atoms with Gasteiger partial charge in [0, 0.05) is 11.1 Å². The van der Waals surface area contributed by atoms with Crippen molar-refractivity contribution in [3.8, 4) is 21.7 Å². The minimum absolute atomic E-state index is 0.549. The molecule has 3 nitrogen and oxygen atoms in total. The number of hydrogen-bond donors (Lipinski definition) is 1. The number of anilines is 1. The summed E-state index contributed by atoms with van der Waals surface area (Å²) in [6, 6.07) is 24.0. The smallest absolute Gasteiger partial charge is 0.204 e. The predicted octanol–water partition coefficient (Wildman–Crippen LogP) is 7.54. The summed E-state index contributed by atoms with van der Waals surface area (Å²) < 4.78 is 0. The van der Waals surface area contributed by atoms with Crippen molar-refractivity contribution in [3.63, 3.8) is 0 Å². The molecule has 29 heavy (non-hydrogen) atoms. The Bertz CT molecular complexity index is 1130. The van der Waals surface area contributed by atoms with E-state index in [0.29, 0.717) is 20.7 Å². The van der Waals surface area contributed by atoms with Gasteiger partial charge < -0.3 is 0 Å². The number of aryl methyl sites for hydroxylation is 1. The van der Waals surface area contributed by atoms with E-state index < -0.39 is 0 Å². The lowest BCUT2D eigenvalue weighted by Gasteiger charge is -2.03. The van der Waals surface area contributed by atoms with E-state index in [4.69, 9.17) is 28.2 Å². The molecule has 4 rings (SSSR count). The van der Waals surface area contributed by atoms with E-state index in [9.17, 15) is 0 Å². The number of benzene rings is 3. The fraction of sp³-hybridized carbons (Fsp3) is 0.0435. The Balaban J connectivity index is 1.68. The third-order valence-electron chi connectivity index (χ3n) is 4.34. The molecule has 0 amide bonds. The maximum absolute atomic E-state index is 6.20. The van der Waals surface area contributed by atoms with Crippen molar-refractivity contribution in [3.05, 3.63) is 94.0 Å². The van der Waals surface area contributed by atoms with E-state index in [2.05, 4.69) is 53.8 Å². The highest BCUT2D eigenvalue weighted by atomic mass is 35.5. The average molecular weight is 438 g/mol. The van der Waals surface area contributed by atoms with Crippen molar-refractivity contribution in [2.75, 3.05) is 5.43 Å². The Morgan fingerprint density at radius 1 is 0.862 bits per heavy atom. The quantitative estimate of drug-likeness (QED) is 0.258. The lowest BCUT2D eigenvalue weighted by atomic mass is 10.1. The molecule has 0 aliphatic carbocycles. The van der Waals surface area contributed by atoms with Crippen molar-refractivity contribution in [2.24, 2.45) is 5.10 Å². The largest absolute Gasteiger partial charge is 0.253 e. The van der Waals surface area contributed by atoms with E-state index in [1.54, 1.807) is 35.8 Å². The maximum atomic E-state index is 6.20. The van der Waals surface area contributed by atoms with E-state index in [1.807, 2.05) is 18.2 Å². The molecule has 0 aliphatic rings. The second-order valence-electron chi connectivity index (χ2n) is 6.43. The molecule has 0 fully saturated rings. The summed E-state index contributed by atoms with van der Waals surface area (Å²) in [7, 11) is 0. The molecule has 1 heterocycles. The minimum Gasteiger partial charge on any atom is -0.253 e.